The van der Waals surface area contributed by atoms with Crippen LogP contribution in [-0.2, 0) is 29.1 Å². The monoisotopic (exact) mass is 1470 g/mol. The van der Waals surface area contributed by atoms with Crippen LogP contribution in [0.4, 0.5) is 34.1 Å². The minimum Gasteiger partial charge on any atom is -0.313 e. The van der Waals surface area contributed by atoms with Crippen molar-refractivity contribution in [1.29, 1.82) is 0 Å². The molecule has 0 bridgehead atoms. The molecule has 4 heteroatoms. The van der Waals surface area contributed by atoms with Crippen molar-refractivity contribution in [3.8, 4) is 100 Å². The van der Waals surface area contributed by atoms with Gasteiger partial charge in [-0.25, -0.2) is 0 Å². The maximum absolute atomic E-state index is 12.1. The average molecular weight is 1470 g/mol. The van der Waals surface area contributed by atoms with E-state index in [1.165, 1.54) is 9.13 Å². The van der Waals surface area contributed by atoms with Crippen molar-refractivity contribution in [1.82, 2.24) is 9.13 Å². The van der Waals surface area contributed by atoms with Gasteiger partial charge in [0.05, 0.1) is 72.6 Å². The molecule has 0 saturated heterocycles. The van der Waals surface area contributed by atoms with E-state index in [1.54, 1.807) is 60.7 Å². The SMILES string of the molecule is [2H]c1c([2H])c2c(c(-c3ccccc3)c1[2H])-c1c(n(-c3c([2H])c([2H])c4c(c3[2H])N(c3c(-c5ccccc5)cc(C(C)(C)C)cc3-c3ccccc3)c3cc(C(C)(C)C)cc5c3C4c3c([2H])c([2H])c(-n4c6c(c7c([2H])c([2H])c([2H])c([2H])c74)-c4c(c([2H])c([2H])c([2H])c4-c4ccccc4)C6)c([2H])c3N5c3c(-c4ccccc4)cc(C(C)(C)C)cc3-c3ccccc3)c3c([2H])c([2H])c([2H])c([2H])c13)C2. The standard InChI is InChI=1S/C109H88N4/c1-107(2,3)76-60-87(70-38-20-12-21-39-70)105(88(61-76)71-40-22-13-23-41-71)112-93-66-79(110-91-52-30-28-48-83(91)102-95(110)58-74-46-32-50-81(99(74)102)68-34-16-10-17-35-68)54-56-85(93)101-86-57-55-80(111-92-53-31-29-49-84(92)103-96(111)59-75-47-33-51-82(100(75)103)69-36-18-11-19-37-69)67-94(86)113(98-65-78(109(7,8)9)64-97(112)104(98)101)106-89(72-42-24-14-25-43-72)62-77(108(4,5)6)63-90(106)73-44-26-15-27-45-73/h10-57,60-67,101H,58-59H2,1-9H3/i28D,29D,30D,31D,32D,33D,46D,47D,48D,49D,50D,51D,52D,53D,54D,55D,56D,57D,66D,67D. The number of hydrogen-bond donors (Lipinski definition) is 0. The van der Waals surface area contributed by atoms with E-state index < -0.39 is 119 Å². The molecule has 0 saturated carbocycles. The third-order valence-electron chi connectivity index (χ3n) is 23.2. The number of fused-ring (bicyclic) bond motifs is 14. The molecule has 0 fully saturated rings. The van der Waals surface area contributed by atoms with Gasteiger partial charge in [0.15, 0.2) is 0 Å². The second kappa shape index (κ2) is 25.8. The fraction of sp³-hybridized carbons (Fsp3) is 0.138. The maximum Gasteiger partial charge on any atom is 0.0667 e. The number of benzene rings is 15. The van der Waals surface area contributed by atoms with Crippen LogP contribution in [0.5, 0.6) is 0 Å². The van der Waals surface area contributed by atoms with Gasteiger partial charge in [-0.1, -0.05) is 329 Å². The Morgan fingerprint density at radius 1 is 0.301 bits per heavy atom. The van der Waals surface area contributed by atoms with Crippen LogP contribution >= 0.6 is 0 Å². The summed E-state index contributed by atoms with van der Waals surface area (Å²) >= 11 is 0. The highest BCUT2D eigenvalue weighted by Crippen LogP contribution is 2.66. The van der Waals surface area contributed by atoms with E-state index >= 15 is 0 Å². The van der Waals surface area contributed by atoms with Gasteiger partial charge >= 0.3 is 0 Å². The van der Waals surface area contributed by atoms with E-state index in [-0.39, 0.29) is 149 Å². The molecule has 17 aromatic rings. The first kappa shape index (κ1) is 50.0. The van der Waals surface area contributed by atoms with E-state index in [4.69, 9.17) is 0 Å². The fourth-order valence-electron chi connectivity index (χ4n) is 17.8. The summed E-state index contributed by atoms with van der Waals surface area (Å²) in [7, 11) is 0. The van der Waals surface area contributed by atoms with Crippen molar-refractivity contribution in [2.24, 2.45) is 0 Å². The van der Waals surface area contributed by atoms with Gasteiger partial charge in [0.1, 0.15) is 0 Å². The Labute approximate surface area is 692 Å². The molecule has 0 amide bonds. The van der Waals surface area contributed by atoms with Gasteiger partial charge in [0.25, 0.3) is 0 Å². The summed E-state index contributed by atoms with van der Waals surface area (Å²) in [4.78, 5) is 4.03. The van der Waals surface area contributed by atoms with Crippen LogP contribution in [0.25, 0.3) is 122 Å². The molecule has 0 radical (unpaired) electrons. The van der Waals surface area contributed by atoms with Crippen LogP contribution in [0.2, 0.25) is 0 Å². The molecule has 113 heavy (non-hydrogen) atoms. The van der Waals surface area contributed by atoms with Gasteiger partial charge in [-0.15, -0.1) is 0 Å². The van der Waals surface area contributed by atoms with Gasteiger partial charge in [-0.3, -0.25) is 0 Å². The zero-order chi connectivity index (χ0) is 93.7. The Morgan fingerprint density at radius 3 is 0.938 bits per heavy atom. The van der Waals surface area contributed by atoms with E-state index in [0.29, 0.717) is 67.3 Å². The average Bonchev–Trinajstić information content (AvgIpc) is 1.46. The lowest BCUT2D eigenvalue weighted by Gasteiger charge is -2.47. The van der Waals surface area contributed by atoms with Crippen LogP contribution in [0.15, 0.2) is 339 Å². The summed E-state index contributed by atoms with van der Waals surface area (Å²) in [6.07, 6.45) is -0.494. The molecule has 4 heterocycles. The molecule has 2 aromatic heterocycles. The molecule has 0 atom stereocenters. The molecule has 2 aliphatic carbocycles. The van der Waals surface area contributed by atoms with Gasteiger partial charge in [-0.05, 0) is 183 Å². The molecule has 15 aromatic carbocycles. The van der Waals surface area contributed by atoms with Crippen molar-refractivity contribution in [3.63, 3.8) is 0 Å². The first-order valence-electron chi connectivity index (χ1n) is 48.6. The highest BCUT2D eigenvalue weighted by atomic mass is 15.2. The highest BCUT2D eigenvalue weighted by molar-refractivity contribution is 6.11. The number of nitrogens with zero attached hydrogens (tertiary/aromatic N) is 4. The summed E-state index contributed by atoms with van der Waals surface area (Å²) in [6.45, 7) is 19.1. The smallest absolute Gasteiger partial charge is 0.0667 e. The Balaban J connectivity index is 0.998. The lowest BCUT2D eigenvalue weighted by atomic mass is 9.73. The minimum absolute atomic E-state index is 0.0280. The van der Waals surface area contributed by atoms with E-state index in [1.807, 2.05) is 131 Å². The summed E-state index contributed by atoms with van der Waals surface area (Å²) in [5, 5.41) is -0.0917. The Bertz CT molecular complexity index is 7390. The summed E-state index contributed by atoms with van der Waals surface area (Å²) < 4.78 is 211. The third kappa shape index (κ3) is 10.8. The summed E-state index contributed by atoms with van der Waals surface area (Å²) in [5.74, 6) is -1.55. The van der Waals surface area contributed by atoms with Crippen molar-refractivity contribution in [3.05, 3.63) is 395 Å². The van der Waals surface area contributed by atoms with E-state index in [0.717, 1.165) is 33.4 Å². The zero-order valence-corrected chi connectivity index (χ0v) is 64.1. The van der Waals surface area contributed by atoms with Crippen LogP contribution < -0.4 is 9.80 Å². The Morgan fingerprint density at radius 2 is 0.611 bits per heavy atom. The molecule has 544 valence electrons. The predicted octanol–water partition coefficient (Wildman–Crippen LogP) is 29.4. The van der Waals surface area contributed by atoms with E-state index in [9.17, 15) is 27.4 Å². The molecular weight excluding hydrogens is 1370 g/mol. The molecule has 0 N–H and O–H groups in total. The van der Waals surface area contributed by atoms with Crippen molar-refractivity contribution >= 4 is 55.9 Å². The predicted molar refractivity (Wildman–Crippen MR) is 476 cm³/mol. The third-order valence-corrected chi connectivity index (χ3v) is 23.2. The maximum atomic E-state index is 12.1. The molecule has 21 rings (SSSR count). The lowest BCUT2D eigenvalue weighted by molar-refractivity contribution is 0.589. The van der Waals surface area contributed by atoms with Crippen LogP contribution in [-0.4, -0.2) is 9.13 Å². The van der Waals surface area contributed by atoms with Crippen LogP contribution in [0, 0.1) is 0 Å². The summed E-state index contributed by atoms with van der Waals surface area (Å²) in [5.41, 5.74) is 10.6. The quantitative estimate of drug-likeness (QED) is 0.136. The Kier molecular flexibility index (Phi) is 11.4. The molecule has 4 aliphatic rings. The van der Waals surface area contributed by atoms with Crippen molar-refractivity contribution in [2.45, 2.75) is 97.3 Å². The molecular formula is C109H88N4. The topological polar surface area (TPSA) is 16.3 Å². The largest absolute Gasteiger partial charge is 0.313 e. The highest BCUT2D eigenvalue weighted by Gasteiger charge is 2.46. The van der Waals surface area contributed by atoms with E-state index in [2.05, 4.69) is 98.7 Å². The van der Waals surface area contributed by atoms with Gasteiger partial charge in [0, 0.05) is 91.2 Å². The zero-order valence-electron chi connectivity index (χ0n) is 84.1. The molecule has 0 spiro atoms. The fourth-order valence-corrected chi connectivity index (χ4v) is 17.8. The van der Waals surface area contributed by atoms with Crippen LogP contribution in [0.3, 0.4) is 0 Å². The Hall–Kier alpha value is -13.0. The molecule has 0 unspecified atom stereocenters. The van der Waals surface area contributed by atoms with Gasteiger partial charge in [0.2, 0.25) is 0 Å². The van der Waals surface area contributed by atoms with Crippen LogP contribution in [0.1, 0.15) is 152 Å². The second-order valence-electron chi connectivity index (χ2n) is 33.1. The van der Waals surface area contributed by atoms with Gasteiger partial charge < -0.3 is 18.9 Å². The number of anilines is 6. The molecule has 2 aliphatic heterocycles. The lowest BCUT2D eigenvalue weighted by Crippen LogP contribution is -2.31. The number of hydrogen-bond acceptors (Lipinski definition) is 2. The summed E-state index contributed by atoms with van der Waals surface area (Å²) in [6, 6.07) is 60.4. The van der Waals surface area contributed by atoms with Crippen molar-refractivity contribution in [2.75, 3.05) is 9.80 Å². The first-order valence-corrected chi connectivity index (χ1v) is 38.6. The van der Waals surface area contributed by atoms with Crippen molar-refractivity contribution < 1.29 is 27.4 Å². The first-order chi connectivity index (χ1) is 63.3. The second-order valence-corrected chi connectivity index (χ2v) is 33.1. The normalized spacial score (nSPS) is 15.9. The van der Waals surface area contributed by atoms with Gasteiger partial charge in [-0.2, -0.15) is 0 Å². The molecule has 4 nitrogen and oxygen atoms in total. The number of rotatable bonds is 10. The minimum atomic E-state index is -1.55. The number of para-hydroxylation sites is 2. The number of aromatic nitrogens is 2.